The van der Waals surface area contributed by atoms with Crippen LogP contribution >= 0.6 is 0 Å². The number of ether oxygens (including phenoxy) is 1. The number of hydrogen-bond acceptors (Lipinski definition) is 4. The zero-order chi connectivity index (χ0) is 16.9. The Morgan fingerprint density at radius 3 is 2.71 bits per heavy atom. The molecule has 5 nitrogen and oxygen atoms in total. The summed E-state index contributed by atoms with van der Waals surface area (Å²) in [7, 11) is 1.38. The minimum atomic E-state index is -0.276. The molecule has 1 aromatic carbocycles. The molecular formula is C19H20N2O3. The molecule has 0 bridgehead atoms. The summed E-state index contributed by atoms with van der Waals surface area (Å²) in [5, 5.41) is 0. The number of likely N-dealkylation sites (tertiary alicyclic amines) is 1. The number of hydrogen-bond donors (Lipinski definition) is 0. The van der Waals surface area contributed by atoms with Crippen LogP contribution < -0.4 is 0 Å². The smallest absolute Gasteiger partial charge is 0.307 e. The van der Waals surface area contributed by atoms with Gasteiger partial charge in [0.25, 0.3) is 5.91 Å². The normalized spacial score (nSPS) is 16.9. The summed E-state index contributed by atoms with van der Waals surface area (Å²) in [4.78, 5) is 30.5. The van der Waals surface area contributed by atoms with Crippen LogP contribution in [0.15, 0.2) is 48.8 Å². The first-order valence-corrected chi connectivity index (χ1v) is 8.08. The molecule has 0 spiro atoms. The molecule has 1 unspecified atom stereocenters. The minimum Gasteiger partial charge on any atom is -0.469 e. The molecule has 124 valence electrons. The molecule has 2 aromatic rings. The van der Waals surface area contributed by atoms with Crippen LogP contribution in [-0.4, -0.2) is 41.5 Å². The van der Waals surface area contributed by atoms with Crippen LogP contribution in [0, 0.1) is 0 Å². The lowest BCUT2D eigenvalue weighted by Crippen LogP contribution is -2.37. The minimum absolute atomic E-state index is 0.0335. The van der Waals surface area contributed by atoms with Crippen molar-refractivity contribution < 1.29 is 14.3 Å². The van der Waals surface area contributed by atoms with E-state index in [1.54, 1.807) is 17.3 Å². The molecule has 5 heteroatoms. The van der Waals surface area contributed by atoms with Crippen molar-refractivity contribution in [2.45, 2.75) is 25.3 Å². The Kier molecular flexibility index (Phi) is 4.89. The summed E-state index contributed by atoms with van der Waals surface area (Å²) in [5.74, 6) is -0.309. The predicted octanol–water partition coefficient (Wildman–Crippen LogP) is 2.92. The van der Waals surface area contributed by atoms with Crippen molar-refractivity contribution in [2.75, 3.05) is 13.7 Å². The number of amides is 1. The average molecular weight is 324 g/mol. The van der Waals surface area contributed by atoms with Crippen molar-refractivity contribution in [3.63, 3.8) is 0 Å². The molecule has 1 fully saturated rings. The third-order valence-corrected chi connectivity index (χ3v) is 4.42. The second kappa shape index (κ2) is 7.25. The van der Waals surface area contributed by atoms with Gasteiger partial charge in [-0.1, -0.05) is 18.2 Å². The summed E-state index contributed by atoms with van der Waals surface area (Å²) in [6.07, 6.45) is 5.42. The Balaban J connectivity index is 1.89. The lowest BCUT2D eigenvalue weighted by atomic mass is 9.99. The molecule has 0 radical (unpaired) electrons. The third-order valence-electron chi connectivity index (χ3n) is 4.42. The van der Waals surface area contributed by atoms with Gasteiger partial charge in [0.05, 0.1) is 13.5 Å². The molecule has 1 aliphatic heterocycles. The maximum Gasteiger partial charge on any atom is 0.307 e. The molecule has 2 heterocycles. The molecule has 0 saturated carbocycles. The fraction of sp³-hybridized carbons (Fsp3) is 0.316. The first-order chi connectivity index (χ1) is 11.7. The van der Waals surface area contributed by atoms with E-state index >= 15 is 0 Å². The number of methoxy groups -OCH3 is 1. The van der Waals surface area contributed by atoms with Gasteiger partial charge in [-0.2, -0.15) is 0 Å². The van der Waals surface area contributed by atoms with Gasteiger partial charge in [0.2, 0.25) is 0 Å². The molecule has 0 aliphatic carbocycles. The summed E-state index contributed by atoms with van der Waals surface area (Å²) in [6.45, 7) is 0.672. The van der Waals surface area contributed by atoms with Gasteiger partial charge in [0, 0.05) is 30.5 Å². The first-order valence-electron chi connectivity index (χ1n) is 8.08. The van der Waals surface area contributed by atoms with Crippen molar-refractivity contribution in [1.82, 2.24) is 9.88 Å². The van der Waals surface area contributed by atoms with Crippen molar-refractivity contribution >= 4 is 11.9 Å². The van der Waals surface area contributed by atoms with Gasteiger partial charge in [-0.3, -0.25) is 14.6 Å². The second-order valence-corrected chi connectivity index (χ2v) is 5.86. The van der Waals surface area contributed by atoms with E-state index in [0.29, 0.717) is 12.1 Å². The van der Waals surface area contributed by atoms with E-state index in [0.717, 1.165) is 24.0 Å². The summed E-state index contributed by atoms with van der Waals surface area (Å²) < 4.78 is 4.76. The predicted molar refractivity (Wildman–Crippen MR) is 90.4 cm³/mol. The SMILES string of the molecule is COC(=O)CC1CCCN1C(=O)c1ccccc1-c1ccncc1. The van der Waals surface area contributed by atoms with Crippen molar-refractivity contribution in [3.05, 3.63) is 54.4 Å². The van der Waals surface area contributed by atoms with Crippen LogP contribution in [0.25, 0.3) is 11.1 Å². The largest absolute Gasteiger partial charge is 0.469 e. The maximum absolute atomic E-state index is 13.1. The topological polar surface area (TPSA) is 59.5 Å². The Hall–Kier alpha value is -2.69. The number of rotatable bonds is 4. The van der Waals surface area contributed by atoms with Crippen molar-refractivity contribution in [3.8, 4) is 11.1 Å². The highest BCUT2D eigenvalue weighted by molar-refractivity contribution is 6.01. The van der Waals surface area contributed by atoms with Crippen LogP contribution in [0.1, 0.15) is 29.6 Å². The third kappa shape index (κ3) is 3.30. The average Bonchev–Trinajstić information content (AvgIpc) is 3.09. The van der Waals surface area contributed by atoms with Gasteiger partial charge in [-0.15, -0.1) is 0 Å². The molecule has 24 heavy (non-hydrogen) atoms. The lowest BCUT2D eigenvalue weighted by molar-refractivity contribution is -0.141. The standard InChI is InChI=1S/C19H20N2O3/c1-24-18(22)13-15-5-4-12-21(15)19(23)17-7-3-2-6-16(17)14-8-10-20-11-9-14/h2-3,6-11,15H,4-5,12-13H2,1H3. The number of nitrogens with zero attached hydrogens (tertiary/aromatic N) is 2. The van der Waals surface area contributed by atoms with E-state index < -0.39 is 0 Å². The number of aromatic nitrogens is 1. The highest BCUT2D eigenvalue weighted by Gasteiger charge is 2.32. The molecule has 0 N–H and O–H groups in total. The van der Waals surface area contributed by atoms with Crippen LogP contribution in [0.3, 0.4) is 0 Å². The molecule has 3 rings (SSSR count). The Morgan fingerprint density at radius 1 is 1.21 bits per heavy atom. The van der Waals surface area contributed by atoms with Crippen LogP contribution in [0.5, 0.6) is 0 Å². The van der Waals surface area contributed by atoms with Gasteiger partial charge in [-0.05, 0) is 42.2 Å². The van der Waals surface area contributed by atoms with Gasteiger partial charge >= 0.3 is 5.97 Å². The zero-order valence-electron chi connectivity index (χ0n) is 13.6. The van der Waals surface area contributed by atoms with E-state index in [2.05, 4.69) is 4.98 Å². The summed E-state index contributed by atoms with van der Waals surface area (Å²) in [6, 6.07) is 11.3. The molecule has 1 aromatic heterocycles. The summed E-state index contributed by atoms with van der Waals surface area (Å²) in [5.41, 5.74) is 2.49. The Bertz CT molecular complexity index is 730. The van der Waals surface area contributed by atoms with E-state index in [1.807, 2.05) is 36.4 Å². The van der Waals surface area contributed by atoms with Gasteiger partial charge in [-0.25, -0.2) is 0 Å². The zero-order valence-corrected chi connectivity index (χ0v) is 13.6. The number of pyridine rings is 1. The van der Waals surface area contributed by atoms with Crippen LogP contribution in [0.4, 0.5) is 0 Å². The molecular weight excluding hydrogens is 304 g/mol. The molecule has 1 aliphatic rings. The van der Waals surface area contributed by atoms with E-state index in [-0.39, 0.29) is 24.3 Å². The van der Waals surface area contributed by atoms with E-state index in [1.165, 1.54) is 7.11 Å². The molecule has 1 amide bonds. The fourth-order valence-electron chi connectivity index (χ4n) is 3.20. The van der Waals surface area contributed by atoms with Gasteiger partial charge in [0.1, 0.15) is 0 Å². The first kappa shape index (κ1) is 16.2. The van der Waals surface area contributed by atoms with Crippen molar-refractivity contribution in [1.29, 1.82) is 0 Å². The molecule has 1 saturated heterocycles. The second-order valence-electron chi connectivity index (χ2n) is 5.86. The van der Waals surface area contributed by atoms with E-state index in [9.17, 15) is 9.59 Å². The van der Waals surface area contributed by atoms with Crippen LogP contribution in [0.2, 0.25) is 0 Å². The lowest BCUT2D eigenvalue weighted by Gasteiger charge is -2.25. The maximum atomic E-state index is 13.1. The van der Waals surface area contributed by atoms with Gasteiger partial charge < -0.3 is 9.64 Å². The van der Waals surface area contributed by atoms with Crippen molar-refractivity contribution in [2.24, 2.45) is 0 Å². The highest BCUT2D eigenvalue weighted by atomic mass is 16.5. The number of benzene rings is 1. The molecule has 1 atom stereocenters. The number of esters is 1. The Morgan fingerprint density at radius 2 is 1.96 bits per heavy atom. The quantitative estimate of drug-likeness (QED) is 0.811. The van der Waals surface area contributed by atoms with Crippen LogP contribution in [-0.2, 0) is 9.53 Å². The number of carbonyl (C=O) groups excluding carboxylic acids is 2. The number of carbonyl (C=O) groups is 2. The highest BCUT2D eigenvalue weighted by Crippen LogP contribution is 2.28. The van der Waals surface area contributed by atoms with Gasteiger partial charge in [0.15, 0.2) is 0 Å². The Labute approximate surface area is 141 Å². The van der Waals surface area contributed by atoms with E-state index in [4.69, 9.17) is 4.74 Å². The fourth-order valence-corrected chi connectivity index (χ4v) is 3.20. The monoisotopic (exact) mass is 324 g/mol. The summed E-state index contributed by atoms with van der Waals surface area (Å²) >= 11 is 0.